The van der Waals surface area contributed by atoms with Gasteiger partial charge in [0.05, 0.1) is 17.1 Å². The Balaban J connectivity index is 2.19. The van der Waals surface area contributed by atoms with Crippen LogP contribution >= 0.6 is 22.9 Å². The Labute approximate surface area is 119 Å². The summed E-state index contributed by atoms with van der Waals surface area (Å²) < 4.78 is 5.58. The molecule has 0 N–H and O–H groups in total. The highest BCUT2D eigenvalue weighted by molar-refractivity contribution is 7.18. The van der Waals surface area contributed by atoms with Crippen molar-refractivity contribution in [1.29, 1.82) is 0 Å². The lowest BCUT2D eigenvalue weighted by Gasteiger charge is -2.35. The normalized spacial score (nSPS) is 23.4. The number of amides is 1. The van der Waals surface area contributed by atoms with Crippen LogP contribution in [-0.2, 0) is 4.74 Å². The monoisotopic (exact) mass is 304 g/mol. The number of morpholine rings is 1. The Hall–Kier alpha value is -1.18. The second kappa shape index (κ2) is 5.44. The summed E-state index contributed by atoms with van der Waals surface area (Å²) in [6.45, 7) is 4.73. The fraction of sp³-hybridized carbons (Fsp3) is 0.545. The molecule has 1 aliphatic heterocycles. The van der Waals surface area contributed by atoms with E-state index in [4.69, 9.17) is 16.3 Å². The lowest BCUT2D eigenvalue weighted by molar-refractivity contribution is -0.384. The number of carbonyl (C=O) groups is 1. The lowest BCUT2D eigenvalue weighted by Crippen LogP contribution is -2.48. The van der Waals surface area contributed by atoms with Gasteiger partial charge >= 0.3 is 0 Å². The van der Waals surface area contributed by atoms with Gasteiger partial charge in [-0.25, -0.2) is 0 Å². The minimum atomic E-state index is -0.583. The number of halogens is 1. The average molecular weight is 305 g/mol. The van der Waals surface area contributed by atoms with E-state index in [1.54, 1.807) is 4.90 Å². The standard InChI is InChI=1S/C11H13ClN2O4S/c1-6-4-13(5-7(2)18-6)11(15)9-3-8(14(16)17)10(12)19-9/h3,6-7H,4-5H2,1-2H3. The highest BCUT2D eigenvalue weighted by Crippen LogP contribution is 2.34. The SMILES string of the molecule is CC1CN(C(=O)c2cc([N+](=O)[O-])c(Cl)s2)CC(C)O1. The van der Waals surface area contributed by atoms with E-state index in [1.807, 2.05) is 13.8 Å². The Morgan fingerprint density at radius 2 is 2.11 bits per heavy atom. The van der Waals surface area contributed by atoms with Gasteiger partial charge in [-0.05, 0) is 13.8 Å². The van der Waals surface area contributed by atoms with Gasteiger partial charge in [-0.1, -0.05) is 11.6 Å². The number of carbonyl (C=O) groups excluding carboxylic acids is 1. The minimum absolute atomic E-state index is 0.0303. The zero-order valence-corrected chi connectivity index (χ0v) is 12.0. The Morgan fingerprint density at radius 1 is 1.53 bits per heavy atom. The van der Waals surface area contributed by atoms with Crippen molar-refractivity contribution < 1.29 is 14.5 Å². The van der Waals surface area contributed by atoms with Crippen molar-refractivity contribution in [2.45, 2.75) is 26.1 Å². The van der Waals surface area contributed by atoms with Gasteiger partial charge in [0.15, 0.2) is 4.34 Å². The molecule has 104 valence electrons. The van der Waals surface area contributed by atoms with E-state index in [2.05, 4.69) is 0 Å². The molecule has 1 saturated heterocycles. The molecule has 0 aromatic carbocycles. The molecule has 1 aliphatic rings. The van der Waals surface area contributed by atoms with Crippen LogP contribution in [0.25, 0.3) is 0 Å². The van der Waals surface area contributed by atoms with Gasteiger partial charge < -0.3 is 9.64 Å². The third-order valence-corrected chi connectivity index (χ3v) is 4.11. The van der Waals surface area contributed by atoms with E-state index in [-0.39, 0.29) is 33.0 Å². The predicted molar refractivity (Wildman–Crippen MR) is 71.9 cm³/mol. The van der Waals surface area contributed by atoms with Crippen molar-refractivity contribution >= 4 is 34.5 Å². The zero-order chi connectivity index (χ0) is 14.2. The van der Waals surface area contributed by atoms with Crippen LogP contribution in [0.5, 0.6) is 0 Å². The van der Waals surface area contributed by atoms with E-state index < -0.39 is 4.92 Å². The van der Waals surface area contributed by atoms with Crippen LogP contribution in [0, 0.1) is 10.1 Å². The first-order valence-electron chi connectivity index (χ1n) is 5.77. The van der Waals surface area contributed by atoms with Crippen molar-refractivity contribution in [1.82, 2.24) is 4.90 Å². The van der Waals surface area contributed by atoms with Crippen molar-refractivity contribution in [3.8, 4) is 0 Å². The highest BCUT2D eigenvalue weighted by atomic mass is 35.5. The molecular formula is C11H13ClN2O4S. The Bertz CT molecular complexity index is 509. The topological polar surface area (TPSA) is 72.7 Å². The molecule has 8 heteroatoms. The fourth-order valence-electron chi connectivity index (χ4n) is 2.09. The molecule has 1 fully saturated rings. The molecule has 1 aromatic rings. The van der Waals surface area contributed by atoms with Crippen LogP contribution < -0.4 is 0 Å². The molecule has 2 unspecified atom stereocenters. The molecule has 0 spiro atoms. The molecule has 0 radical (unpaired) electrons. The van der Waals surface area contributed by atoms with Crippen LogP contribution in [0.3, 0.4) is 0 Å². The van der Waals surface area contributed by atoms with Gasteiger partial charge in [-0.15, -0.1) is 11.3 Å². The van der Waals surface area contributed by atoms with E-state index in [0.717, 1.165) is 11.3 Å². The molecular weight excluding hydrogens is 292 g/mol. The number of hydrogen-bond donors (Lipinski definition) is 0. The van der Waals surface area contributed by atoms with Crippen LogP contribution in [0.2, 0.25) is 4.34 Å². The summed E-state index contributed by atoms with van der Waals surface area (Å²) in [6, 6.07) is 1.24. The molecule has 0 bridgehead atoms. The largest absolute Gasteiger partial charge is 0.372 e. The third-order valence-electron chi connectivity index (χ3n) is 2.78. The summed E-state index contributed by atoms with van der Waals surface area (Å²) in [4.78, 5) is 24.3. The van der Waals surface area contributed by atoms with Crippen LogP contribution in [0.15, 0.2) is 6.07 Å². The number of rotatable bonds is 2. The number of thiophene rings is 1. The summed E-state index contributed by atoms with van der Waals surface area (Å²) in [5.74, 6) is -0.234. The molecule has 19 heavy (non-hydrogen) atoms. The van der Waals surface area contributed by atoms with Crippen molar-refractivity contribution in [2.24, 2.45) is 0 Å². The van der Waals surface area contributed by atoms with E-state index in [9.17, 15) is 14.9 Å². The summed E-state index contributed by atoms with van der Waals surface area (Å²) in [7, 11) is 0. The smallest absolute Gasteiger partial charge is 0.299 e. The second-order valence-electron chi connectivity index (χ2n) is 4.49. The maximum absolute atomic E-state index is 12.3. The average Bonchev–Trinajstić information content (AvgIpc) is 2.69. The van der Waals surface area contributed by atoms with Gasteiger partial charge in [-0.2, -0.15) is 0 Å². The number of ether oxygens (including phenoxy) is 1. The molecule has 0 aliphatic carbocycles. The Kier molecular flexibility index (Phi) is 4.07. The van der Waals surface area contributed by atoms with Gasteiger partial charge in [0.1, 0.15) is 4.88 Å². The van der Waals surface area contributed by atoms with Gasteiger partial charge in [0.2, 0.25) is 0 Å². The maximum Gasteiger partial charge on any atom is 0.299 e. The quantitative estimate of drug-likeness (QED) is 0.622. The van der Waals surface area contributed by atoms with Crippen LogP contribution in [0.4, 0.5) is 5.69 Å². The molecule has 2 rings (SSSR count). The summed E-state index contributed by atoms with van der Waals surface area (Å²) >= 11 is 6.70. The number of nitro groups is 1. The fourth-order valence-corrected chi connectivity index (χ4v) is 3.28. The first-order valence-corrected chi connectivity index (χ1v) is 6.96. The zero-order valence-electron chi connectivity index (χ0n) is 10.5. The van der Waals surface area contributed by atoms with Crippen LogP contribution in [-0.4, -0.2) is 41.0 Å². The summed E-state index contributed by atoms with van der Waals surface area (Å²) in [5, 5.41) is 10.7. The van der Waals surface area contributed by atoms with E-state index in [0.29, 0.717) is 13.1 Å². The first kappa shape index (κ1) is 14.2. The summed E-state index contributed by atoms with van der Waals surface area (Å²) in [6.07, 6.45) is -0.0868. The number of nitrogens with zero attached hydrogens (tertiary/aromatic N) is 2. The molecule has 1 amide bonds. The van der Waals surface area contributed by atoms with E-state index >= 15 is 0 Å². The maximum atomic E-state index is 12.3. The first-order chi connectivity index (χ1) is 8.88. The summed E-state index contributed by atoms with van der Waals surface area (Å²) in [5.41, 5.74) is -0.218. The number of hydrogen-bond acceptors (Lipinski definition) is 5. The minimum Gasteiger partial charge on any atom is -0.372 e. The molecule has 2 atom stereocenters. The predicted octanol–water partition coefficient (Wildman–Crippen LogP) is 2.56. The van der Waals surface area contributed by atoms with Crippen LogP contribution in [0.1, 0.15) is 23.5 Å². The van der Waals surface area contributed by atoms with Gasteiger partial charge in [0, 0.05) is 19.2 Å². The van der Waals surface area contributed by atoms with Crippen molar-refractivity contribution in [3.05, 3.63) is 25.4 Å². The Morgan fingerprint density at radius 3 is 2.58 bits per heavy atom. The van der Waals surface area contributed by atoms with Crippen molar-refractivity contribution in [3.63, 3.8) is 0 Å². The van der Waals surface area contributed by atoms with E-state index in [1.165, 1.54) is 6.07 Å². The molecule has 1 aromatic heterocycles. The van der Waals surface area contributed by atoms with Gasteiger partial charge in [0.25, 0.3) is 11.6 Å². The third kappa shape index (κ3) is 3.05. The second-order valence-corrected chi connectivity index (χ2v) is 6.15. The highest BCUT2D eigenvalue weighted by Gasteiger charge is 2.29. The molecule has 6 nitrogen and oxygen atoms in total. The lowest BCUT2D eigenvalue weighted by atomic mass is 10.2. The molecule has 2 heterocycles. The van der Waals surface area contributed by atoms with Crippen molar-refractivity contribution in [2.75, 3.05) is 13.1 Å². The van der Waals surface area contributed by atoms with Gasteiger partial charge in [-0.3, -0.25) is 14.9 Å². The molecule has 0 saturated carbocycles.